The summed E-state index contributed by atoms with van der Waals surface area (Å²) >= 11 is 0. The zero-order valence-electron chi connectivity index (χ0n) is 13.9. The number of amides is 1. The average molecular weight is 352 g/mol. The molecule has 2 aromatic rings. The van der Waals surface area contributed by atoms with Crippen molar-refractivity contribution < 1.29 is 22.7 Å². The Labute approximate surface area is 144 Å². The molecule has 0 aromatic heterocycles. The third-order valence-corrected chi connectivity index (χ3v) is 3.48. The van der Waals surface area contributed by atoms with Gasteiger partial charge in [0, 0.05) is 17.7 Å². The van der Waals surface area contributed by atoms with Crippen molar-refractivity contribution in [3.8, 4) is 16.9 Å². The summed E-state index contributed by atoms with van der Waals surface area (Å²) in [5, 5.41) is 0. The molecule has 0 fully saturated rings. The second-order valence-corrected chi connectivity index (χ2v) is 5.87. The van der Waals surface area contributed by atoms with Crippen LogP contribution >= 0.6 is 0 Å². The lowest BCUT2D eigenvalue weighted by Crippen LogP contribution is -2.23. The van der Waals surface area contributed by atoms with Crippen LogP contribution in [0.4, 0.5) is 13.2 Å². The number of carbonyl (C=O) groups excluding carboxylic acids is 1. The minimum Gasteiger partial charge on any atom is -0.405 e. The zero-order valence-corrected chi connectivity index (χ0v) is 13.9. The second kappa shape index (κ2) is 7.57. The molecule has 0 aliphatic heterocycles. The maximum Gasteiger partial charge on any atom is 0.573 e. The third-order valence-electron chi connectivity index (χ3n) is 3.48. The molecular formula is C18H19F3N2O2. The van der Waals surface area contributed by atoms with Crippen molar-refractivity contribution in [2.75, 3.05) is 14.1 Å². The smallest absolute Gasteiger partial charge is 0.405 e. The number of alkyl halides is 3. The van der Waals surface area contributed by atoms with E-state index < -0.39 is 12.3 Å². The maximum absolute atomic E-state index is 13.0. The van der Waals surface area contributed by atoms with Gasteiger partial charge in [0.1, 0.15) is 5.75 Å². The Kier molecular flexibility index (Phi) is 5.69. The fourth-order valence-corrected chi connectivity index (χ4v) is 2.61. The first-order chi connectivity index (χ1) is 11.7. The van der Waals surface area contributed by atoms with Crippen LogP contribution in [0.2, 0.25) is 0 Å². The summed E-state index contributed by atoms with van der Waals surface area (Å²) in [6, 6.07) is 12.2. The van der Waals surface area contributed by atoms with Gasteiger partial charge in [-0.3, -0.25) is 4.79 Å². The van der Waals surface area contributed by atoms with E-state index in [9.17, 15) is 18.0 Å². The van der Waals surface area contributed by atoms with Crippen molar-refractivity contribution in [2.45, 2.75) is 19.3 Å². The van der Waals surface area contributed by atoms with E-state index in [0.29, 0.717) is 11.1 Å². The molecule has 4 nitrogen and oxygen atoms in total. The molecule has 2 aromatic carbocycles. The fraction of sp³-hybridized carbons (Fsp3) is 0.278. The second-order valence-electron chi connectivity index (χ2n) is 5.87. The van der Waals surface area contributed by atoms with Crippen molar-refractivity contribution in [3.63, 3.8) is 0 Å². The third kappa shape index (κ3) is 5.22. The monoisotopic (exact) mass is 352 g/mol. The number of ether oxygens (including phenoxy) is 1. The van der Waals surface area contributed by atoms with Crippen molar-refractivity contribution in [1.29, 1.82) is 0 Å². The lowest BCUT2D eigenvalue weighted by Gasteiger charge is -2.22. The van der Waals surface area contributed by atoms with Gasteiger partial charge in [-0.25, -0.2) is 0 Å². The number of carbonyl (C=O) groups is 1. The molecule has 0 heterocycles. The molecule has 7 heteroatoms. The number of nitrogens with two attached hydrogens (primary N) is 1. The Balaban J connectivity index is 2.68. The van der Waals surface area contributed by atoms with Crippen LogP contribution in [0.3, 0.4) is 0 Å². The van der Waals surface area contributed by atoms with E-state index in [0.717, 1.165) is 5.56 Å². The van der Waals surface area contributed by atoms with Gasteiger partial charge >= 0.3 is 6.36 Å². The molecular weight excluding hydrogens is 333 g/mol. The largest absolute Gasteiger partial charge is 0.573 e. The van der Waals surface area contributed by atoms with Gasteiger partial charge in [0.25, 0.3) is 0 Å². The highest BCUT2D eigenvalue weighted by Crippen LogP contribution is 2.37. The highest BCUT2D eigenvalue weighted by Gasteiger charge is 2.34. The average Bonchev–Trinajstić information content (AvgIpc) is 2.49. The fourth-order valence-electron chi connectivity index (χ4n) is 2.61. The Morgan fingerprint density at radius 2 is 1.76 bits per heavy atom. The predicted molar refractivity (Wildman–Crippen MR) is 88.9 cm³/mol. The molecule has 0 atom stereocenters. The van der Waals surface area contributed by atoms with Gasteiger partial charge in [0.2, 0.25) is 5.91 Å². The highest BCUT2D eigenvalue weighted by atomic mass is 19.4. The lowest BCUT2D eigenvalue weighted by molar-refractivity contribution is -0.275. The van der Waals surface area contributed by atoms with Crippen LogP contribution in [-0.2, 0) is 17.8 Å². The van der Waals surface area contributed by atoms with Crippen LogP contribution in [0, 0.1) is 0 Å². The lowest BCUT2D eigenvalue weighted by atomic mass is 9.94. The van der Waals surface area contributed by atoms with Crippen LogP contribution in [0.1, 0.15) is 11.1 Å². The summed E-state index contributed by atoms with van der Waals surface area (Å²) in [6.07, 6.45) is -5.20. The molecule has 0 saturated carbocycles. The molecule has 134 valence electrons. The SMILES string of the molecule is CN(C)Cc1c(-c2ccccc2)ccc(CC(N)=O)c1OC(F)(F)F. The maximum atomic E-state index is 13.0. The van der Waals surface area contributed by atoms with E-state index in [4.69, 9.17) is 5.73 Å². The van der Waals surface area contributed by atoms with Crippen LogP contribution in [-0.4, -0.2) is 31.3 Å². The van der Waals surface area contributed by atoms with Gasteiger partial charge in [-0.15, -0.1) is 13.2 Å². The Morgan fingerprint density at radius 3 is 2.28 bits per heavy atom. The summed E-state index contributed by atoms with van der Waals surface area (Å²) in [4.78, 5) is 13.0. The standard InChI is InChI=1S/C18H19F3N2O2/c1-23(2)11-15-14(12-6-4-3-5-7-12)9-8-13(10-16(22)24)17(15)25-18(19,20)21/h3-9H,10-11H2,1-2H3,(H2,22,24). The number of halogens is 3. The van der Waals surface area contributed by atoms with Crippen LogP contribution in [0.15, 0.2) is 42.5 Å². The van der Waals surface area contributed by atoms with E-state index in [-0.39, 0.29) is 24.3 Å². The number of rotatable bonds is 6. The summed E-state index contributed by atoms with van der Waals surface area (Å²) < 4.78 is 43.2. The molecule has 1 amide bonds. The van der Waals surface area contributed by atoms with Crippen molar-refractivity contribution in [1.82, 2.24) is 4.90 Å². The Morgan fingerprint density at radius 1 is 1.12 bits per heavy atom. The van der Waals surface area contributed by atoms with E-state index in [2.05, 4.69) is 4.74 Å². The Bertz CT molecular complexity index is 744. The van der Waals surface area contributed by atoms with Gasteiger partial charge in [0.05, 0.1) is 6.42 Å². The van der Waals surface area contributed by atoms with Crippen LogP contribution < -0.4 is 10.5 Å². The molecule has 0 spiro atoms. The quantitative estimate of drug-likeness (QED) is 0.867. The molecule has 0 bridgehead atoms. The number of nitrogens with zero attached hydrogens (tertiary/aromatic N) is 1. The van der Waals surface area contributed by atoms with E-state index in [1.807, 2.05) is 6.07 Å². The van der Waals surface area contributed by atoms with Gasteiger partial charge in [-0.1, -0.05) is 42.5 Å². The summed E-state index contributed by atoms with van der Waals surface area (Å²) in [5.41, 5.74) is 7.01. The van der Waals surface area contributed by atoms with E-state index in [1.54, 1.807) is 49.3 Å². The number of hydrogen-bond donors (Lipinski definition) is 1. The topological polar surface area (TPSA) is 55.6 Å². The minimum atomic E-state index is -4.87. The van der Waals surface area contributed by atoms with Crippen molar-refractivity contribution >= 4 is 5.91 Å². The molecule has 0 aliphatic rings. The van der Waals surface area contributed by atoms with Gasteiger partial charge in [0.15, 0.2) is 0 Å². The molecule has 0 aliphatic carbocycles. The molecule has 2 rings (SSSR count). The van der Waals surface area contributed by atoms with Crippen LogP contribution in [0.5, 0.6) is 5.75 Å². The first kappa shape index (κ1) is 18.8. The van der Waals surface area contributed by atoms with E-state index >= 15 is 0 Å². The molecule has 2 N–H and O–H groups in total. The van der Waals surface area contributed by atoms with Crippen molar-refractivity contribution in [2.24, 2.45) is 5.73 Å². The zero-order chi connectivity index (χ0) is 18.6. The molecule has 25 heavy (non-hydrogen) atoms. The molecule has 0 unspecified atom stereocenters. The predicted octanol–water partition coefficient (Wildman–Crippen LogP) is 3.34. The molecule has 0 radical (unpaired) electrons. The minimum absolute atomic E-state index is 0.112. The van der Waals surface area contributed by atoms with Gasteiger partial charge in [-0.05, 0) is 25.2 Å². The number of primary amides is 1. The normalized spacial score (nSPS) is 11.6. The summed E-state index contributed by atoms with van der Waals surface area (Å²) in [7, 11) is 3.49. The first-order valence-electron chi connectivity index (χ1n) is 7.56. The first-order valence-corrected chi connectivity index (χ1v) is 7.56. The highest BCUT2D eigenvalue weighted by molar-refractivity contribution is 5.79. The van der Waals surface area contributed by atoms with E-state index in [1.165, 1.54) is 6.07 Å². The van der Waals surface area contributed by atoms with Gasteiger partial charge in [-0.2, -0.15) is 0 Å². The molecule has 0 saturated heterocycles. The Hall–Kier alpha value is -2.54. The summed E-state index contributed by atoms with van der Waals surface area (Å²) in [6.45, 7) is 0.211. The van der Waals surface area contributed by atoms with Crippen LogP contribution in [0.25, 0.3) is 11.1 Å². The van der Waals surface area contributed by atoms with Gasteiger partial charge < -0.3 is 15.4 Å². The number of benzene rings is 2. The summed E-state index contributed by atoms with van der Waals surface area (Å²) in [5.74, 6) is -1.09. The number of hydrogen-bond acceptors (Lipinski definition) is 3. The van der Waals surface area contributed by atoms with Crippen molar-refractivity contribution in [3.05, 3.63) is 53.6 Å².